The molecule has 0 spiro atoms. The van der Waals surface area contributed by atoms with Gasteiger partial charge in [-0.1, -0.05) is 22.0 Å². The number of rotatable bonds is 3. The number of hydrogen-bond acceptors (Lipinski definition) is 2. The fourth-order valence-corrected chi connectivity index (χ4v) is 2.04. The standard InChI is InChI=1S/C14H9BrF2O2/c1-19-12-7-8(15)5-6-9(12)14(18)13-10(16)3-2-4-11(13)17/h2-7H,1H3. The molecule has 19 heavy (non-hydrogen) atoms. The van der Waals surface area contributed by atoms with Crippen LogP contribution in [0.25, 0.3) is 0 Å². The van der Waals surface area contributed by atoms with Gasteiger partial charge in [0, 0.05) is 4.47 Å². The molecule has 0 aliphatic carbocycles. The fraction of sp³-hybridized carbons (Fsp3) is 0.0714. The van der Waals surface area contributed by atoms with Gasteiger partial charge in [0.05, 0.1) is 18.2 Å². The Morgan fingerprint density at radius 3 is 2.37 bits per heavy atom. The van der Waals surface area contributed by atoms with Gasteiger partial charge in [0.2, 0.25) is 5.78 Å². The van der Waals surface area contributed by atoms with Gasteiger partial charge < -0.3 is 4.74 Å². The van der Waals surface area contributed by atoms with Gasteiger partial charge in [-0.2, -0.15) is 0 Å². The molecule has 2 aromatic carbocycles. The van der Waals surface area contributed by atoms with E-state index in [1.54, 1.807) is 12.1 Å². The van der Waals surface area contributed by atoms with Gasteiger partial charge in [-0.05, 0) is 30.3 Å². The molecule has 0 saturated carbocycles. The van der Waals surface area contributed by atoms with Crippen molar-refractivity contribution in [2.45, 2.75) is 0 Å². The highest BCUT2D eigenvalue weighted by atomic mass is 79.9. The topological polar surface area (TPSA) is 26.3 Å². The summed E-state index contributed by atoms with van der Waals surface area (Å²) in [5, 5.41) is 0. The van der Waals surface area contributed by atoms with E-state index in [1.165, 1.54) is 19.2 Å². The largest absolute Gasteiger partial charge is 0.496 e. The molecule has 0 fully saturated rings. The van der Waals surface area contributed by atoms with Crippen LogP contribution in [0.3, 0.4) is 0 Å². The number of carbonyl (C=O) groups excluding carboxylic acids is 1. The summed E-state index contributed by atoms with van der Waals surface area (Å²) in [5.74, 6) is -2.29. The van der Waals surface area contributed by atoms with E-state index in [2.05, 4.69) is 15.9 Å². The van der Waals surface area contributed by atoms with Crippen molar-refractivity contribution in [1.29, 1.82) is 0 Å². The monoisotopic (exact) mass is 326 g/mol. The number of methoxy groups -OCH3 is 1. The number of carbonyl (C=O) groups is 1. The Bertz CT molecular complexity index is 621. The van der Waals surface area contributed by atoms with Crippen molar-refractivity contribution >= 4 is 21.7 Å². The molecule has 0 amide bonds. The lowest BCUT2D eigenvalue weighted by Crippen LogP contribution is -2.09. The van der Waals surface area contributed by atoms with E-state index in [9.17, 15) is 13.6 Å². The van der Waals surface area contributed by atoms with Crippen LogP contribution in [0.4, 0.5) is 8.78 Å². The molecule has 0 unspecified atom stereocenters. The molecule has 0 saturated heterocycles. The molecule has 98 valence electrons. The lowest BCUT2D eigenvalue weighted by atomic mass is 10.0. The van der Waals surface area contributed by atoms with Crippen LogP contribution in [-0.4, -0.2) is 12.9 Å². The van der Waals surface area contributed by atoms with Gasteiger partial charge >= 0.3 is 0 Å². The van der Waals surface area contributed by atoms with E-state index < -0.39 is 23.0 Å². The van der Waals surface area contributed by atoms with E-state index in [0.717, 1.165) is 12.1 Å². The Kier molecular flexibility index (Phi) is 3.95. The maximum atomic E-state index is 13.6. The lowest BCUT2D eigenvalue weighted by molar-refractivity contribution is 0.102. The first kappa shape index (κ1) is 13.7. The highest BCUT2D eigenvalue weighted by Crippen LogP contribution is 2.27. The Morgan fingerprint density at radius 2 is 1.79 bits per heavy atom. The summed E-state index contributed by atoms with van der Waals surface area (Å²) in [5.41, 5.74) is -0.474. The maximum absolute atomic E-state index is 13.6. The van der Waals surface area contributed by atoms with E-state index in [-0.39, 0.29) is 11.3 Å². The molecular weight excluding hydrogens is 318 g/mol. The first-order valence-electron chi connectivity index (χ1n) is 5.37. The third-order valence-corrected chi connectivity index (χ3v) is 3.09. The zero-order valence-corrected chi connectivity index (χ0v) is 11.5. The van der Waals surface area contributed by atoms with Crippen LogP contribution in [0.2, 0.25) is 0 Å². The minimum Gasteiger partial charge on any atom is -0.496 e. The van der Waals surface area contributed by atoms with Crippen LogP contribution in [-0.2, 0) is 0 Å². The summed E-state index contributed by atoms with van der Waals surface area (Å²) in [6.07, 6.45) is 0. The second kappa shape index (κ2) is 5.48. The zero-order chi connectivity index (χ0) is 14.0. The number of ketones is 1. The number of ether oxygens (including phenoxy) is 1. The molecule has 2 aromatic rings. The van der Waals surface area contributed by atoms with Crippen molar-refractivity contribution in [1.82, 2.24) is 0 Å². The number of hydrogen-bond donors (Lipinski definition) is 0. The summed E-state index contributed by atoms with van der Waals surface area (Å²) < 4.78 is 32.9. The molecule has 0 N–H and O–H groups in total. The van der Waals surface area contributed by atoms with E-state index in [1.807, 2.05) is 0 Å². The van der Waals surface area contributed by atoms with Crippen molar-refractivity contribution in [3.8, 4) is 5.75 Å². The van der Waals surface area contributed by atoms with Gasteiger partial charge in [0.15, 0.2) is 0 Å². The SMILES string of the molecule is COc1cc(Br)ccc1C(=O)c1c(F)cccc1F. The van der Waals surface area contributed by atoms with Crippen LogP contribution in [0.1, 0.15) is 15.9 Å². The molecule has 0 aliphatic heterocycles. The lowest BCUT2D eigenvalue weighted by Gasteiger charge is -2.09. The first-order valence-corrected chi connectivity index (χ1v) is 6.16. The van der Waals surface area contributed by atoms with Crippen LogP contribution in [0.5, 0.6) is 5.75 Å². The predicted octanol–water partition coefficient (Wildman–Crippen LogP) is 3.97. The maximum Gasteiger partial charge on any atom is 0.202 e. The normalized spacial score (nSPS) is 10.3. The molecule has 0 aliphatic rings. The minimum atomic E-state index is -0.894. The van der Waals surface area contributed by atoms with Crippen molar-refractivity contribution in [3.63, 3.8) is 0 Å². The molecule has 2 rings (SSSR count). The summed E-state index contributed by atoms with van der Waals surface area (Å²) in [7, 11) is 1.39. The number of halogens is 3. The van der Waals surface area contributed by atoms with Crippen LogP contribution in [0.15, 0.2) is 40.9 Å². The third-order valence-electron chi connectivity index (χ3n) is 2.60. The molecule has 2 nitrogen and oxygen atoms in total. The van der Waals surface area contributed by atoms with Gasteiger partial charge in [-0.25, -0.2) is 8.78 Å². The van der Waals surface area contributed by atoms with Crippen LogP contribution >= 0.6 is 15.9 Å². The van der Waals surface area contributed by atoms with Gasteiger partial charge in [0.1, 0.15) is 17.4 Å². The van der Waals surface area contributed by atoms with Crippen LogP contribution in [0, 0.1) is 11.6 Å². The highest BCUT2D eigenvalue weighted by molar-refractivity contribution is 9.10. The predicted molar refractivity (Wildman–Crippen MR) is 70.5 cm³/mol. The van der Waals surface area contributed by atoms with Gasteiger partial charge in [-0.3, -0.25) is 4.79 Å². The molecule has 0 radical (unpaired) electrons. The average molecular weight is 327 g/mol. The molecular formula is C14H9BrF2O2. The van der Waals surface area contributed by atoms with E-state index in [4.69, 9.17) is 4.74 Å². The minimum absolute atomic E-state index is 0.106. The summed E-state index contributed by atoms with van der Waals surface area (Å²) in [6.45, 7) is 0. The average Bonchev–Trinajstić information content (AvgIpc) is 2.38. The second-order valence-corrected chi connectivity index (χ2v) is 4.69. The van der Waals surface area contributed by atoms with Crippen molar-refractivity contribution in [2.75, 3.05) is 7.11 Å². The smallest absolute Gasteiger partial charge is 0.202 e. The quantitative estimate of drug-likeness (QED) is 0.798. The Hall–Kier alpha value is -1.75. The van der Waals surface area contributed by atoms with E-state index >= 15 is 0 Å². The van der Waals surface area contributed by atoms with E-state index in [0.29, 0.717) is 4.47 Å². The summed E-state index contributed by atoms with van der Waals surface area (Å²) in [4.78, 5) is 12.2. The number of benzene rings is 2. The third kappa shape index (κ3) is 2.66. The van der Waals surface area contributed by atoms with Crippen LogP contribution < -0.4 is 4.74 Å². The van der Waals surface area contributed by atoms with Crippen molar-refractivity contribution in [2.24, 2.45) is 0 Å². The second-order valence-electron chi connectivity index (χ2n) is 3.77. The first-order chi connectivity index (χ1) is 9.04. The Morgan fingerprint density at radius 1 is 1.16 bits per heavy atom. The molecule has 0 heterocycles. The summed E-state index contributed by atoms with van der Waals surface area (Å²) >= 11 is 3.23. The van der Waals surface area contributed by atoms with Gasteiger partial charge in [0.25, 0.3) is 0 Å². The molecule has 0 bridgehead atoms. The Balaban J connectivity index is 2.56. The zero-order valence-electron chi connectivity index (χ0n) is 9.91. The van der Waals surface area contributed by atoms with Crippen molar-refractivity contribution < 1.29 is 18.3 Å². The highest BCUT2D eigenvalue weighted by Gasteiger charge is 2.21. The molecule has 0 aromatic heterocycles. The van der Waals surface area contributed by atoms with Gasteiger partial charge in [-0.15, -0.1) is 0 Å². The summed E-state index contributed by atoms with van der Waals surface area (Å²) in [6, 6.07) is 7.92. The Labute approximate surface area is 117 Å². The fourth-order valence-electron chi connectivity index (χ4n) is 1.70. The molecule has 5 heteroatoms. The molecule has 0 atom stereocenters. The van der Waals surface area contributed by atoms with Crippen molar-refractivity contribution in [3.05, 3.63) is 63.6 Å².